The predicted molar refractivity (Wildman–Crippen MR) is 111 cm³/mol. The van der Waals surface area contributed by atoms with Crippen molar-refractivity contribution >= 4 is 47.0 Å². The molecule has 1 fully saturated rings. The number of carbonyl (C=O) groups is 4. The highest BCUT2D eigenvalue weighted by Gasteiger charge is 2.52. The molecule has 10 nitrogen and oxygen atoms in total. The molecule has 0 aromatic heterocycles. The van der Waals surface area contributed by atoms with E-state index >= 15 is 0 Å². The molecule has 12 heteroatoms. The third kappa shape index (κ3) is 7.25. The van der Waals surface area contributed by atoms with Gasteiger partial charge in [-0.05, 0) is 18.2 Å². The Kier molecular flexibility index (Phi) is 9.11. The maximum absolute atomic E-state index is 11.9. The van der Waals surface area contributed by atoms with Crippen LogP contribution in [0.15, 0.2) is 18.2 Å². The third-order valence-corrected chi connectivity index (χ3v) is 4.74. The van der Waals surface area contributed by atoms with Gasteiger partial charge in [-0.25, -0.2) is 0 Å². The van der Waals surface area contributed by atoms with Crippen LogP contribution in [0.1, 0.15) is 27.7 Å². The van der Waals surface area contributed by atoms with Gasteiger partial charge >= 0.3 is 17.9 Å². The lowest BCUT2D eigenvalue weighted by Crippen LogP contribution is -2.67. The number of hydrogen-bond donors (Lipinski definition) is 1. The van der Waals surface area contributed by atoms with E-state index in [4.69, 9.17) is 46.9 Å². The Bertz CT molecular complexity index is 879. The molecule has 1 saturated heterocycles. The summed E-state index contributed by atoms with van der Waals surface area (Å²) < 4.78 is 27.5. The number of esters is 3. The molecule has 176 valence electrons. The van der Waals surface area contributed by atoms with Crippen molar-refractivity contribution in [2.24, 2.45) is 0 Å². The Morgan fingerprint density at radius 2 is 1.59 bits per heavy atom. The van der Waals surface area contributed by atoms with Crippen molar-refractivity contribution in [2.75, 3.05) is 6.61 Å². The Balaban J connectivity index is 2.47. The molecule has 1 N–H and O–H groups in total. The first kappa shape index (κ1) is 25.7. The average Bonchev–Trinajstić information content (AvgIpc) is 2.65. The molecule has 0 unspecified atom stereocenters. The van der Waals surface area contributed by atoms with Gasteiger partial charge in [0.15, 0.2) is 12.2 Å². The topological polar surface area (TPSA) is 126 Å². The number of benzene rings is 1. The van der Waals surface area contributed by atoms with Gasteiger partial charge in [-0.1, -0.05) is 23.2 Å². The quantitative estimate of drug-likeness (QED) is 0.449. The smallest absolute Gasteiger partial charge is 0.303 e. The molecule has 5 atom stereocenters. The minimum Gasteiger partial charge on any atom is -0.463 e. The van der Waals surface area contributed by atoms with Gasteiger partial charge in [0.05, 0.1) is 5.02 Å². The number of rotatable bonds is 7. The summed E-state index contributed by atoms with van der Waals surface area (Å²) in [7, 11) is 0. The Morgan fingerprint density at radius 1 is 0.969 bits per heavy atom. The van der Waals surface area contributed by atoms with E-state index in [0.29, 0.717) is 5.02 Å². The summed E-state index contributed by atoms with van der Waals surface area (Å²) >= 11 is 12.1. The van der Waals surface area contributed by atoms with Crippen LogP contribution in [0.25, 0.3) is 0 Å². The van der Waals surface area contributed by atoms with Gasteiger partial charge in [0.1, 0.15) is 24.5 Å². The van der Waals surface area contributed by atoms with E-state index in [9.17, 15) is 19.2 Å². The van der Waals surface area contributed by atoms with Gasteiger partial charge in [-0.3, -0.25) is 19.2 Å². The molecule has 0 aliphatic carbocycles. The summed E-state index contributed by atoms with van der Waals surface area (Å²) in [6.45, 7) is 4.39. The lowest BCUT2D eigenvalue weighted by atomic mass is 9.96. The van der Waals surface area contributed by atoms with Gasteiger partial charge in [0, 0.05) is 32.7 Å². The highest BCUT2D eigenvalue weighted by molar-refractivity contribution is 6.35. The van der Waals surface area contributed by atoms with Crippen LogP contribution in [0.3, 0.4) is 0 Å². The number of nitrogens with one attached hydrogen (secondary N) is 1. The van der Waals surface area contributed by atoms with Crippen LogP contribution in [0.2, 0.25) is 10.0 Å². The number of halogens is 2. The molecule has 1 aliphatic heterocycles. The summed E-state index contributed by atoms with van der Waals surface area (Å²) in [5, 5.41) is 3.12. The average molecular weight is 492 g/mol. The molecule has 0 saturated carbocycles. The van der Waals surface area contributed by atoms with Gasteiger partial charge in [-0.15, -0.1) is 0 Å². The second-order valence-corrected chi connectivity index (χ2v) is 7.76. The minimum atomic E-state index is -1.27. The van der Waals surface area contributed by atoms with E-state index in [1.807, 2.05) is 0 Å². The standard InChI is InChI=1S/C20H23Cl2NO9/c1-9(24)23-17-19(30-12(4)27)18(29-11(3)26)16(8-28-10(2)25)32-20(17)31-15-6-5-13(21)7-14(15)22/h5-7,16-20H,8H2,1-4H3,(H,23,24)/t16-,17-,18+,19+,20+/m0/s1. The molecule has 32 heavy (non-hydrogen) atoms. The summed E-state index contributed by atoms with van der Waals surface area (Å²) in [6, 6.07) is 3.34. The first-order valence-electron chi connectivity index (χ1n) is 9.50. The highest BCUT2D eigenvalue weighted by Crippen LogP contribution is 2.33. The SMILES string of the molecule is CC(=O)N[C@@H]1[C@H](Oc2ccc(Cl)cc2Cl)O[C@@H](COC(C)=O)[C@@H](OC(C)=O)[C@@H]1OC(C)=O. The van der Waals surface area contributed by atoms with Crippen molar-refractivity contribution in [1.82, 2.24) is 5.32 Å². The van der Waals surface area contributed by atoms with Gasteiger partial charge in [0.2, 0.25) is 12.2 Å². The second-order valence-electron chi connectivity index (χ2n) is 6.91. The Morgan fingerprint density at radius 3 is 2.12 bits per heavy atom. The molecule has 1 aliphatic rings. The number of ether oxygens (including phenoxy) is 5. The molecular weight excluding hydrogens is 469 g/mol. The van der Waals surface area contributed by atoms with Gasteiger partial charge < -0.3 is 29.0 Å². The Hall–Kier alpha value is -2.56. The fraction of sp³-hybridized carbons (Fsp3) is 0.500. The monoisotopic (exact) mass is 491 g/mol. The maximum atomic E-state index is 11.9. The highest BCUT2D eigenvalue weighted by atomic mass is 35.5. The molecule has 0 bridgehead atoms. The number of hydrogen-bond acceptors (Lipinski definition) is 9. The first-order valence-corrected chi connectivity index (χ1v) is 10.3. The molecule has 0 spiro atoms. The van der Waals surface area contributed by atoms with Crippen LogP contribution in [0.5, 0.6) is 5.75 Å². The number of carbonyl (C=O) groups excluding carboxylic acids is 4. The van der Waals surface area contributed by atoms with Crippen LogP contribution in [0.4, 0.5) is 0 Å². The van der Waals surface area contributed by atoms with Crippen molar-refractivity contribution in [2.45, 2.75) is 58.3 Å². The van der Waals surface area contributed by atoms with E-state index < -0.39 is 54.5 Å². The van der Waals surface area contributed by atoms with E-state index in [-0.39, 0.29) is 17.4 Å². The van der Waals surface area contributed by atoms with Crippen molar-refractivity contribution < 1.29 is 42.9 Å². The van der Waals surface area contributed by atoms with Crippen LogP contribution in [0, 0.1) is 0 Å². The Labute approximate surface area is 194 Å². The molecule has 1 aromatic carbocycles. The lowest BCUT2D eigenvalue weighted by Gasteiger charge is -2.44. The van der Waals surface area contributed by atoms with Crippen molar-refractivity contribution in [3.63, 3.8) is 0 Å². The van der Waals surface area contributed by atoms with Crippen LogP contribution in [-0.4, -0.2) is 61.1 Å². The molecular formula is C20H23Cl2NO9. The molecule has 1 aromatic rings. The van der Waals surface area contributed by atoms with Crippen LogP contribution >= 0.6 is 23.2 Å². The largest absolute Gasteiger partial charge is 0.463 e. The second kappa shape index (κ2) is 11.3. The summed E-state index contributed by atoms with van der Waals surface area (Å²) in [5.41, 5.74) is 0. The van der Waals surface area contributed by atoms with Crippen molar-refractivity contribution in [1.29, 1.82) is 0 Å². The van der Waals surface area contributed by atoms with Gasteiger partial charge in [-0.2, -0.15) is 0 Å². The zero-order valence-electron chi connectivity index (χ0n) is 17.8. The zero-order chi connectivity index (χ0) is 24.0. The third-order valence-electron chi connectivity index (χ3n) is 4.21. The molecule has 0 radical (unpaired) electrons. The fourth-order valence-corrected chi connectivity index (χ4v) is 3.54. The van der Waals surface area contributed by atoms with Crippen molar-refractivity contribution in [3.05, 3.63) is 28.2 Å². The normalized spacial score (nSPS) is 24.8. The first-order chi connectivity index (χ1) is 15.0. The molecule has 1 amide bonds. The molecule has 2 rings (SSSR count). The lowest BCUT2D eigenvalue weighted by molar-refractivity contribution is -0.257. The van der Waals surface area contributed by atoms with Crippen LogP contribution in [-0.2, 0) is 38.1 Å². The fourth-order valence-electron chi connectivity index (χ4n) is 3.09. The van der Waals surface area contributed by atoms with Crippen molar-refractivity contribution in [3.8, 4) is 5.75 Å². The van der Waals surface area contributed by atoms with Gasteiger partial charge in [0.25, 0.3) is 0 Å². The summed E-state index contributed by atoms with van der Waals surface area (Å²) in [5.74, 6) is -2.35. The zero-order valence-corrected chi connectivity index (χ0v) is 19.3. The number of amides is 1. The summed E-state index contributed by atoms with van der Waals surface area (Å²) in [4.78, 5) is 46.8. The predicted octanol–water partition coefficient (Wildman–Crippen LogP) is 2.03. The maximum Gasteiger partial charge on any atom is 0.303 e. The van der Waals surface area contributed by atoms with E-state index in [1.54, 1.807) is 0 Å². The van der Waals surface area contributed by atoms with Crippen LogP contribution < -0.4 is 10.1 Å². The molecule has 1 heterocycles. The van der Waals surface area contributed by atoms with E-state index in [2.05, 4.69) is 5.32 Å². The minimum absolute atomic E-state index is 0.158. The van der Waals surface area contributed by atoms with E-state index in [1.165, 1.54) is 32.0 Å². The summed E-state index contributed by atoms with van der Waals surface area (Å²) in [6.07, 6.45) is -4.80. The van der Waals surface area contributed by atoms with E-state index in [0.717, 1.165) is 13.8 Å².